The summed E-state index contributed by atoms with van der Waals surface area (Å²) in [6, 6.07) is 5.34. The Hall–Kier alpha value is -2.66. The number of fused-ring (bicyclic) bond motifs is 1. The van der Waals surface area contributed by atoms with Crippen LogP contribution in [0.15, 0.2) is 24.4 Å². The zero-order chi connectivity index (χ0) is 20.0. The molecule has 0 bridgehead atoms. The number of hydroxylamine groups is 1. The van der Waals surface area contributed by atoms with Crippen molar-refractivity contribution >= 4 is 38.4 Å². The highest BCUT2D eigenvalue weighted by molar-refractivity contribution is 7.92. The van der Waals surface area contributed by atoms with Crippen LogP contribution in [0.3, 0.4) is 0 Å². The van der Waals surface area contributed by atoms with Crippen LogP contribution in [0.4, 0.5) is 10.5 Å². The van der Waals surface area contributed by atoms with Crippen LogP contribution in [-0.4, -0.2) is 59.1 Å². The first-order chi connectivity index (χ1) is 12.6. The van der Waals surface area contributed by atoms with E-state index in [-0.39, 0.29) is 13.0 Å². The lowest BCUT2D eigenvalue weighted by atomic mass is 10.0. The van der Waals surface area contributed by atoms with Crippen LogP contribution in [0.25, 0.3) is 10.9 Å². The number of nitrogens with one attached hydrogen (secondary N) is 1. The third-order valence-corrected chi connectivity index (χ3v) is 6.92. The zero-order valence-corrected chi connectivity index (χ0v) is 15.9. The van der Waals surface area contributed by atoms with Gasteiger partial charge < -0.3 is 4.74 Å². The topological polar surface area (TPSA) is 131 Å². The number of hydrogen-bond acceptors (Lipinski definition) is 7. The Morgan fingerprint density at radius 3 is 2.81 bits per heavy atom. The summed E-state index contributed by atoms with van der Waals surface area (Å²) < 4.78 is 29.2. The number of aryl methyl sites for hydroxylation is 1. The normalized spacial score (nSPS) is 19.8. The number of benzene rings is 1. The van der Waals surface area contributed by atoms with Gasteiger partial charge in [-0.25, -0.2) is 18.7 Å². The Labute approximate surface area is 155 Å². The Morgan fingerprint density at radius 2 is 2.19 bits per heavy atom. The Bertz CT molecular complexity index is 1020. The number of amides is 2. The standard InChI is InChI=1S/C16H20N4O6S/c1-16(14(21)18-23,27(3,24)25)7-12-9-20(15(22)26-12)11-4-5-13-10(6-11)8-17-19(13)2/h4-6,8,12,23H,7,9H2,1-3H3,(H,18,21). The van der Waals surface area contributed by atoms with Crippen molar-refractivity contribution in [2.24, 2.45) is 7.05 Å². The van der Waals surface area contributed by atoms with Gasteiger partial charge in [-0.3, -0.25) is 19.6 Å². The van der Waals surface area contributed by atoms with Crippen molar-refractivity contribution < 1.29 is 28.0 Å². The molecule has 0 radical (unpaired) electrons. The van der Waals surface area contributed by atoms with E-state index in [0.717, 1.165) is 17.2 Å². The minimum atomic E-state index is -3.88. The molecule has 1 aromatic carbocycles. The third-order valence-electron chi connectivity index (χ3n) is 4.93. The summed E-state index contributed by atoms with van der Waals surface area (Å²) in [6.45, 7) is 1.26. The number of ether oxygens (including phenoxy) is 1. The smallest absolute Gasteiger partial charge is 0.414 e. The molecule has 2 unspecified atom stereocenters. The average Bonchev–Trinajstić information content (AvgIpc) is 3.15. The van der Waals surface area contributed by atoms with Crippen LogP contribution in [0.1, 0.15) is 13.3 Å². The second kappa shape index (κ2) is 6.50. The molecule has 2 atom stereocenters. The van der Waals surface area contributed by atoms with Gasteiger partial charge in [-0.1, -0.05) is 0 Å². The van der Waals surface area contributed by atoms with Crippen molar-refractivity contribution in [1.29, 1.82) is 0 Å². The maximum Gasteiger partial charge on any atom is 0.414 e. The summed E-state index contributed by atoms with van der Waals surface area (Å²) >= 11 is 0. The van der Waals surface area contributed by atoms with Crippen molar-refractivity contribution in [3.63, 3.8) is 0 Å². The molecule has 1 aliphatic heterocycles. The van der Waals surface area contributed by atoms with Crippen molar-refractivity contribution in [3.05, 3.63) is 24.4 Å². The summed E-state index contributed by atoms with van der Waals surface area (Å²) in [5.41, 5.74) is 2.86. The average molecular weight is 396 g/mol. The number of sulfone groups is 1. The molecule has 2 N–H and O–H groups in total. The summed E-state index contributed by atoms with van der Waals surface area (Å²) in [5, 5.41) is 13.9. The molecule has 0 saturated carbocycles. The molecule has 27 heavy (non-hydrogen) atoms. The summed E-state index contributed by atoms with van der Waals surface area (Å²) in [6.07, 6.45) is 0.815. The lowest BCUT2D eigenvalue weighted by molar-refractivity contribution is -0.132. The molecule has 1 aliphatic rings. The summed E-state index contributed by atoms with van der Waals surface area (Å²) in [5.74, 6) is -1.07. The molecule has 1 aromatic heterocycles. The molecule has 11 heteroatoms. The van der Waals surface area contributed by atoms with Crippen LogP contribution >= 0.6 is 0 Å². The SMILES string of the molecule is Cn1ncc2cc(N3CC(CC(C)(C(=O)NO)S(C)(=O)=O)OC3=O)ccc21. The van der Waals surface area contributed by atoms with Crippen molar-refractivity contribution in [2.45, 2.75) is 24.2 Å². The Morgan fingerprint density at radius 1 is 1.48 bits per heavy atom. The van der Waals surface area contributed by atoms with E-state index in [1.807, 2.05) is 6.07 Å². The van der Waals surface area contributed by atoms with Gasteiger partial charge in [0.15, 0.2) is 14.6 Å². The molecule has 0 spiro atoms. The number of nitrogens with zero attached hydrogens (tertiary/aromatic N) is 3. The first-order valence-electron chi connectivity index (χ1n) is 8.11. The number of rotatable bonds is 5. The second-order valence-corrected chi connectivity index (χ2v) is 9.22. The lowest BCUT2D eigenvalue weighted by Crippen LogP contribution is -2.51. The predicted molar refractivity (Wildman–Crippen MR) is 96.1 cm³/mol. The van der Waals surface area contributed by atoms with E-state index in [1.54, 1.807) is 30.1 Å². The van der Waals surface area contributed by atoms with Crippen LogP contribution in [-0.2, 0) is 26.4 Å². The van der Waals surface area contributed by atoms with Gasteiger partial charge >= 0.3 is 6.09 Å². The monoisotopic (exact) mass is 396 g/mol. The third kappa shape index (κ3) is 3.23. The predicted octanol–water partition coefficient (Wildman–Crippen LogP) is 0.597. The first-order valence-corrected chi connectivity index (χ1v) is 10.00. The highest BCUT2D eigenvalue weighted by Crippen LogP contribution is 2.31. The molecular formula is C16H20N4O6S. The Kier molecular flexibility index (Phi) is 4.60. The zero-order valence-electron chi connectivity index (χ0n) is 15.0. The fourth-order valence-electron chi connectivity index (χ4n) is 3.12. The van der Waals surface area contributed by atoms with E-state index < -0.39 is 32.7 Å². The van der Waals surface area contributed by atoms with Gasteiger partial charge in [0.05, 0.1) is 18.3 Å². The highest BCUT2D eigenvalue weighted by Gasteiger charge is 2.48. The number of cyclic esters (lactones) is 1. The van der Waals surface area contributed by atoms with Crippen LogP contribution < -0.4 is 10.4 Å². The van der Waals surface area contributed by atoms with Gasteiger partial charge in [-0.2, -0.15) is 5.10 Å². The second-order valence-electron chi connectivity index (χ2n) is 6.78. The molecule has 10 nitrogen and oxygen atoms in total. The minimum Gasteiger partial charge on any atom is -0.444 e. The number of carbonyl (C=O) groups is 2. The van der Waals surface area contributed by atoms with Crippen molar-refractivity contribution in [2.75, 3.05) is 17.7 Å². The maximum absolute atomic E-state index is 12.3. The quantitative estimate of drug-likeness (QED) is 0.559. The van der Waals surface area contributed by atoms with Gasteiger partial charge in [-0.15, -0.1) is 0 Å². The van der Waals surface area contributed by atoms with E-state index in [0.29, 0.717) is 5.69 Å². The molecule has 2 aromatic rings. The number of aromatic nitrogens is 2. The molecule has 146 valence electrons. The van der Waals surface area contributed by atoms with Crippen molar-refractivity contribution in [1.82, 2.24) is 15.3 Å². The number of hydrogen-bond donors (Lipinski definition) is 2. The molecule has 3 rings (SSSR count). The Balaban J connectivity index is 1.84. The van der Waals surface area contributed by atoms with E-state index in [4.69, 9.17) is 9.94 Å². The summed E-state index contributed by atoms with van der Waals surface area (Å²) in [7, 11) is -2.08. The van der Waals surface area contributed by atoms with E-state index in [2.05, 4.69) is 5.10 Å². The van der Waals surface area contributed by atoms with E-state index in [1.165, 1.54) is 17.3 Å². The molecular weight excluding hydrogens is 376 g/mol. The highest BCUT2D eigenvalue weighted by atomic mass is 32.2. The molecule has 1 saturated heterocycles. The summed E-state index contributed by atoms with van der Waals surface area (Å²) in [4.78, 5) is 25.6. The molecule has 2 heterocycles. The van der Waals surface area contributed by atoms with E-state index >= 15 is 0 Å². The van der Waals surface area contributed by atoms with Gasteiger partial charge in [0.2, 0.25) is 0 Å². The van der Waals surface area contributed by atoms with Crippen LogP contribution in [0.2, 0.25) is 0 Å². The van der Waals surface area contributed by atoms with Crippen molar-refractivity contribution in [3.8, 4) is 0 Å². The van der Waals surface area contributed by atoms with E-state index in [9.17, 15) is 18.0 Å². The number of anilines is 1. The largest absolute Gasteiger partial charge is 0.444 e. The fourth-order valence-corrected chi connectivity index (χ4v) is 3.99. The van der Waals surface area contributed by atoms with Gasteiger partial charge in [0.1, 0.15) is 6.10 Å². The van der Waals surface area contributed by atoms with Gasteiger partial charge in [-0.05, 0) is 25.1 Å². The first kappa shape index (κ1) is 19.1. The van der Waals surface area contributed by atoms with Crippen LogP contribution in [0, 0.1) is 0 Å². The van der Waals surface area contributed by atoms with Gasteiger partial charge in [0.25, 0.3) is 5.91 Å². The molecule has 1 fully saturated rings. The van der Waals surface area contributed by atoms with Crippen LogP contribution in [0.5, 0.6) is 0 Å². The minimum absolute atomic E-state index is 0.0778. The maximum atomic E-state index is 12.3. The number of carbonyl (C=O) groups excluding carboxylic acids is 2. The fraction of sp³-hybridized carbons (Fsp3) is 0.438. The molecule has 0 aliphatic carbocycles. The molecule has 2 amide bonds. The lowest BCUT2D eigenvalue weighted by Gasteiger charge is -2.26. The van der Waals surface area contributed by atoms with Gasteiger partial charge in [0, 0.05) is 30.8 Å².